The van der Waals surface area contributed by atoms with Gasteiger partial charge in [0, 0.05) is 21.1 Å². The van der Waals surface area contributed by atoms with Crippen LogP contribution in [0.3, 0.4) is 0 Å². The molecule has 0 radical (unpaired) electrons. The van der Waals surface area contributed by atoms with Crippen molar-refractivity contribution in [1.29, 1.82) is 0 Å². The highest BCUT2D eigenvalue weighted by molar-refractivity contribution is 9.10. The zero-order valence-corrected chi connectivity index (χ0v) is 10.4. The molecule has 2 rings (SSSR count). The second kappa shape index (κ2) is 5.32. The molecule has 74 valence electrons. The Hall–Kier alpha value is -0.600. The Kier molecular flexibility index (Phi) is 4.36. The first-order chi connectivity index (χ1) is 6.77. The molecule has 2 aromatic rings. The Bertz CT molecular complexity index is 429. The van der Waals surface area contributed by atoms with Gasteiger partial charge in [-0.3, -0.25) is 4.98 Å². The third-order valence-corrected chi connectivity index (χ3v) is 2.45. The predicted molar refractivity (Wildman–Crippen MR) is 65.8 cm³/mol. The minimum atomic E-state index is 0.724. The molecule has 3 heteroatoms. The second-order valence-electron chi connectivity index (χ2n) is 2.46. The smallest absolute Gasteiger partial charge is 0.0844 e. The lowest BCUT2D eigenvalue weighted by Gasteiger charge is -1.99. The summed E-state index contributed by atoms with van der Waals surface area (Å²) in [5.74, 6) is 0. The minimum absolute atomic E-state index is 0.724. The maximum absolute atomic E-state index is 5.87. The van der Waals surface area contributed by atoms with Gasteiger partial charge in [0.05, 0.1) is 5.52 Å². The van der Waals surface area contributed by atoms with Gasteiger partial charge in [-0.25, -0.2) is 0 Å². The average Bonchev–Trinajstić information content (AvgIpc) is 2.20. The molecular formula is C11H11BrClN. The molecular weight excluding hydrogens is 261 g/mol. The van der Waals surface area contributed by atoms with Crippen LogP contribution in [0.1, 0.15) is 13.8 Å². The number of rotatable bonds is 0. The van der Waals surface area contributed by atoms with Crippen LogP contribution < -0.4 is 0 Å². The number of benzene rings is 1. The molecule has 1 nitrogen and oxygen atoms in total. The van der Waals surface area contributed by atoms with E-state index in [-0.39, 0.29) is 0 Å². The molecule has 1 aromatic heterocycles. The summed E-state index contributed by atoms with van der Waals surface area (Å²) in [6.45, 7) is 4.00. The number of halogens is 2. The number of hydrogen-bond donors (Lipinski definition) is 0. The van der Waals surface area contributed by atoms with Crippen molar-refractivity contribution in [2.45, 2.75) is 13.8 Å². The van der Waals surface area contributed by atoms with Gasteiger partial charge in [0.2, 0.25) is 0 Å². The topological polar surface area (TPSA) is 12.9 Å². The summed E-state index contributed by atoms with van der Waals surface area (Å²) in [5.41, 5.74) is 0.946. The van der Waals surface area contributed by atoms with E-state index in [4.69, 9.17) is 11.6 Å². The normalized spacial score (nSPS) is 9.43. The Morgan fingerprint density at radius 1 is 1.29 bits per heavy atom. The molecule has 0 saturated carbocycles. The lowest BCUT2D eigenvalue weighted by atomic mass is 10.2. The minimum Gasteiger partial charge on any atom is -0.255 e. The molecule has 0 aliphatic rings. The second-order valence-corrected chi connectivity index (χ2v) is 3.75. The zero-order valence-electron chi connectivity index (χ0n) is 8.09. The molecule has 0 aliphatic carbocycles. The largest absolute Gasteiger partial charge is 0.255 e. The molecule has 0 amide bonds. The molecule has 0 bridgehead atoms. The van der Waals surface area contributed by atoms with Gasteiger partial charge < -0.3 is 0 Å². The molecule has 0 spiro atoms. The van der Waals surface area contributed by atoms with Crippen LogP contribution in [0, 0.1) is 0 Å². The van der Waals surface area contributed by atoms with Crippen LogP contribution in [0.15, 0.2) is 34.9 Å². The Morgan fingerprint density at radius 2 is 2.00 bits per heavy atom. The van der Waals surface area contributed by atoms with E-state index < -0.39 is 0 Å². The summed E-state index contributed by atoms with van der Waals surface area (Å²) in [6, 6.07) is 7.62. The van der Waals surface area contributed by atoms with Crippen molar-refractivity contribution in [3.05, 3.63) is 40.0 Å². The summed E-state index contributed by atoms with van der Waals surface area (Å²) in [6.07, 6.45) is 1.76. The van der Waals surface area contributed by atoms with Gasteiger partial charge in [-0.05, 0) is 34.1 Å². The van der Waals surface area contributed by atoms with E-state index in [1.165, 1.54) is 0 Å². The van der Waals surface area contributed by atoms with E-state index in [0.717, 1.165) is 20.4 Å². The van der Waals surface area contributed by atoms with E-state index in [0.29, 0.717) is 0 Å². The van der Waals surface area contributed by atoms with Crippen molar-refractivity contribution >= 4 is 38.4 Å². The third kappa shape index (κ3) is 2.46. The van der Waals surface area contributed by atoms with Gasteiger partial charge in [-0.1, -0.05) is 31.5 Å². The third-order valence-electron chi connectivity index (χ3n) is 1.62. The number of hydrogen-bond acceptors (Lipinski definition) is 1. The Balaban J connectivity index is 0.000000461. The van der Waals surface area contributed by atoms with E-state index in [9.17, 15) is 0 Å². The molecule has 1 heterocycles. The summed E-state index contributed by atoms with van der Waals surface area (Å²) in [4.78, 5) is 4.22. The van der Waals surface area contributed by atoms with Gasteiger partial charge in [0.15, 0.2) is 0 Å². The van der Waals surface area contributed by atoms with Crippen LogP contribution in [0.25, 0.3) is 10.9 Å². The molecule has 0 aliphatic heterocycles. The summed E-state index contributed by atoms with van der Waals surface area (Å²) < 4.78 is 0.936. The molecule has 0 fully saturated rings. The van der Waals surface area contributed by atoms with Crippen molar-refractivity contribution < 1.29 is 0 Å². The predicted octanol–water partition coefficient (Wildman–Crippen LogP) is 4.68. The van der Waals surface area contributed by atoms with Crippen LogP contribution >= 0.6 is 27.5 Å². The van der Waals surface area contributed by atoms with Crippen molar-refractivity contribution in [1.82, 2.24) is 4.98 Å². The monoisotopic (exact) mass is 271 g/mol. The standard InChI is InChI=1S/C9H5BrClN.C2H6/c10-8-5-7(11)4-6-2-1-3-12-9(6)8;1-2/h1-5H;1-2H3. The number of pyridine rings is 1. The number of nitrogens with zero attached hydrogens (tertiary/aromatic N) is 1. The first-order valence-corrected chi connectivity index (χ1v) is 5.64. The zero-order chi connectivity index (χ0) is 10.6. The average molecular weight is 273 g/mol. The van der Waals surface area contributed by atoms with E-state index in [1.807, 2.05) is 38.1 Å². The molecule has 14 heavy (non-hydrogen) atoms. The summed E-state index contributed by atoms with van der Waals surface area (Å²) >= 11 is 9.27. The van der Waals surface area contributed by atoms with Gasteiger partial charge in [0.1, 0.15) is 0 Å². The summed E-state index contributed by atoms with van der Waals surface area (Å²) in [7, 11) is 0. The fraction of sp³-hybridized carbons (Fsp3) is 0.182. The first-order valence-electron chi connectivity index (χ1n) is 4.47. The van der Waals surface area contributed by atoms with Gasteiger partial charge >= 0.3 is 0 Å². The van der Waals surface area contributed by atoms with Crippen LogP contribution in [0.4, 0.5) is 0 Å². The maximum Gasteiger partial charge on any atom is 0.0844 e. The van der Waals surface area contributed by atoms with Gasteiger partial charge in [-0.15, -0.1) is 0 Å². The number of aromatic nitrogens is 1. The SMILES string of the molecule is CC.Clc1cc(Br)c2ncccc2c1. The maximum atomic E-state index is 5.87. The Labute approximate surface area is 97.2 Å². The fourth-order valence-electron chi connectivity index (χ4n) is 1.11. The van der Waals surface area contributed by atoms with Gasteiger partial charge in [0.25, 0.3) is 0 Å². The summed E-state index contributed by atoms with van der Waals surface area (Å²) in [5, 5.41) is 1.78. The van der Waals surface area contributed by atoms with Gasteiger partial charge in [-0.2, -0.15) is 0 Å². The lowest BCUT2D eigenvalue weighted by molar-refractivity contribution is 1.40. The highest BCUT2D eigenvalue weighted by Crippen LogP contribution is 2.25. The molecule has 0 atom stereocenters. The lowest BCUT2D eigenvalue weighted by Crippen LogP contribution is -1.78. The molecule has 0 N–H and O–H groups in total. The van der Waals surface area contributed by atoms with Crippen molar-refractivity contribution in [2.75, 3.05) is 0 Å². The quantitative estimate of drug-likeness (QED) is 0.679. The van der Waals surface area contributed by atoms with E-state index in [1.54, 1.807) is 6.20 Å². The van der Waals surface area contributed by atoms with Crippen LogP contribution in [-0.4, -0.2) is 4.98 Å². The van der Waals surface area contributed by atoms with Crippen molar-refractivity contribution in [3.8, 4) is 0 Å². The van der Waals surface area contributed by atoms with Crippen molar-refractivity contribution in [2.24, 2.45) is 0 Å². The number of fused-ring (bicyclic) bond motifs is 1. The first kappa shape index (κ1) is 11.5. The fourth-order valence-corrected chi connectivity index (χ4v) is 2.05. The van der Waals surface area contributed by atoms with Crippen molar-refractivity contribution in [3.63, 3.8) is 0 Å². The molecule has 0 saturated heterocycles. The van der Waals surface area contributed by atoms with Crippen LogP contribution in [0.2, 0.25) is 5.02 Å². The van der Waals surface area contributed by atoms with Crippen LogP contribution in [0.5, 0.6) is 0 Å². The van der Waals surface area contributed by atoms with Crippen LogP contribution in [-0.2, 0) is 0 Å². The van der Waals surface area contributed by atoms with E-state index >= 15 is 0 Å². The highest BCUT2D eigenvalue weighted by atomic mass is 79.9. The molecule has 0 unspecified atom stereocenters. The Morgan fingerprint density at radius 3 is 2.71 bits per heavy atom. The molecule has 1 aromatic carbocycles. The van der Waals surface area contributed by atoms with E-state index in [2.05, 4.69) is 20.9 Å². The highest BCUT2D eigenvalue weighted by Gasteiger charge is 1.99.